The molecule has 0 saturated carbocycles. The molecule has 0 aliphatic heterocycles. The smallest absolute Gasteiger partial charge is 0.275 e. The van der Waals surface area contributed by atoms with Gasteiger partial charge in [0.05, 0.1) is 16.5 Å². The van der Waals surface area contributed by atoms with Gasteiger partial charge in [0, 0.05) is 24.6 Å². The highest BCUT2D eigenvalue weighted by atomic mass is 16.6. The maximum atomic E-state index is 13.1. The zero-order chi connectivity index (χ0) is 18.3. The minimum atomic E-state index is -0.470. The molecular formula is C19H18N4O3. The van der Waals surface area contributed by atoms with Crippen LogP contribution < -0.4 is 0 Å². The van der Waals surface area contributed by atoms with E-state index in [0.717, 1.165) is 19.3 Å². The Morgan fingerprint density at radius 2 is 2.12 bits per heavy atom. The van der Waals surface area contributed by atoms with Gasteiger partial charge in [-0.2, -0.15) is 5.10 Å². The molecule has 1 atom stereocenters. The number of H-pyrrole nitrogens is 1. The monoisotopic (exact) mass is 350 g/mol. The summed E-state index contributed by atoms with van der Waals surface area (Å²) in [6.07, 6.45) is 2.93. The Hall–Kier alpha value is -3.22. The van der Waals surface area contributed by atoms with Crippen molar-refractivity contribution in [3.05, 3.63) is 69.4 Å². The van der Waals surface area contributed by atoms with E-state index in [2.05, 4.69) is 22.3 Å². The van der Waals surface area contributed by atoms with Crippen LogP contribution >= 0.6 is 0 Å². The number of fused-ring (bicyclic) bond motifs is 2. The lowest BCUT2D eigenvalue weighted by atomic mass is 9.87. The number of hydrogen-bond acceptors (Lipinski definition) is 4. The van der Waals surface area contributed by atoms with Gasteiger partial charge in [0.25, 0.3) is 11.6 Å². The summed E-state index contributed by atoms with van der Waals surface area (Å²) in [5.74, 6) is -0.238. The van der Waals surface area contributed by atoms with Gasteiger partial charge in [-0.15, -0.1) is 0 Å². The molecule has 0 fully saturated rings. The number of nitrogens with zero attached hydrogens (tertiary/aromatic N) is 3. The molecule has 0 spiro atoms. The van der Waals surface area contributed by atoms with Crippen LogP contribution in [-0.4, -0.2) is 33.0 Å². The van der Waals surface area contributed by atoms with Gasteiger partial charge in [0.1, 0.15) is 0 Å². The fraction of sp³-hybridized carbons (Fsp3) is 0.263. The van der Waals surface area contributed by atoms with Crippen LogP contribution in [0, 0.1) is 10.1 Å². The minimum absolute atomic E-state index is 0.0158. The van der Waals surface area contributed by atoms with Crippen LogP contribution in [0.1, 0.15) is 40.5 Å². The number of carbonyl (C=O) groups excluding carboxylic acids is 1. The maximum absolute atomic E-state index is 13.1. The molecule has 26 heavy (non-hydrogen) atoms. The summed E-state index contributed by atoms with van der Waals surface area (Å²) in [4.78, 5) is 25.4. The lowest BCUT2D eigenvalue weighted by molar-refractivity contribution is -0.384. The molecule has 3 aromatic rings. The van der Waals surface area contributed by atoms with Crippen LogP contribution in [-0.2, 0) is 6.42 Å². The van der Waals surface area contributed by atoms with Crippen molar-refractivity contribution in [3.8, 4) is 0 Å². The number of aromatic nitrogens is 2. The number of amides is 1. The zero-order valence-electron chi connectivity index (χ0n) is 14.3. The predicted molar refractivity (Wildman–Crippen MR) is 97.0 cm³/mol. The molecule has 7 heteroatoms. The standard InChI is InChI=1S/C19H18N4O3/c1-22(17-8-4-6-12-5-2-3-7-14(12)17)19(24)18-15-11-13(23(25)26)9-10-16(15)20-21-18/h2-3,5,7,9-11,17H,4,6,8H2,1H3,(H,20,21)/t17-/m0/s1. The number of aryl methyl sites for hydroxylation is 1. The highest BCUT2D eigenvalue weighted by Gasteiger charge is 2.29. The van der Waals surface area contributed by atoms with Crippen molar-refractivity contribution in [2.45, 2.75) is 25.3 Å². The number of rotatable bonds is 3. The van der Waals surface area contributed by atoms with Gasteiger partial charge in [-0.3, -0.25) is 20.0 Å². The van der Waals surface area contributed by atoms with Crippen LogP contribution in [0.25, 0.3) is 10.9 Å². The molecule has 0 radical (unpaired) electrons. The predicted octanol–water partition coefficient (Wildman–Crippen LogP) is 3.62. The van der Waals surface area contributed by atoms with Crippen molar-refractivity contribution >= 4 is 22.5 Å². The molecule has 0 unspecified atom stereocenters. The number of nitro groups is 1. The number of nitrogens with one attached hydrogen (secondary N) is 1. The maximum Gasteiger partial charge on any atom is 0.275 e. The number of aromatic amines is 1. The SMILES string of the molecule is CN(C(=O)c1n[nH]c2ccc([N+](=O)[O-])cc12)[C@H]1CCCc2ccccc21. The van der Waals surface area contributed by atoms with Gasteiger partial charge in [-0.1, -0.05) is 24.3 Å². The molecule has 4 rings (SSSR count). The topological polar surface area (TPSA) is 92.1 Å². The van der Waals surface area contributed by atoms with Gasteiger partial charge in [-0.05, 0) is 36.5 Å². The third-order valence-electron chi connectivity index (χ3n) is 5.09. The fourth-order valence-corrected chi connectivity index (χ4v) is 3.72. The van der Waals surface area contributed by atoms with Crippen molar-refractivity contribution in [2.75, 3.05) is 7.05 Å². The van der Waals surface area contributed by atoms with Crippen LogP contribution in [0.4, 0.5) is 5.69 Å². The Morgan fingerprint density at radius 3 is 2.92 bits per heavy atom. The molecule has 1 amide bonds. The molecule has 132 valence electrons. The summed E-state index contributed by atoms with van der Waals surface area (Å²) in [5.41, 5.74) is 3.20. The van der Waals surface area contributed by atoms with Crippen molar-refractivity contribution in [1.29, 1.82) is 0 Å². The van der Waals surface area contributed by atoms with Crippen LogP contribution in [0.5, 0.6) is 0 Å². The Balaban J connectivity index is 1.71. The van der Waals surface area contributed by atoms with E-state index in [-0.39, 0.29) is 23.3 Å². The minimum Gasteiger partial charge on any atom is -0.333 e. The second-order valence-electron chi connectivity index (χ2n) is 6.58. The second kappa shape index (κ2) is 6.25. The highest BCUT2D eigenvalue weighted by Crippen LogP contribution is 2.34. The van der Waals surface area contributed by atoms with Gasteiger partial charge >= 0.3 is 0 Å². The van der Waals surface area contributed by atoms with E-state index in [1.165, 1.54) is 23.3 Å². The van der Waals surface area contributed by atoms with Gasteiger partial charge < -0.3 is 4.90 Å². The number of benzene rings is 2. The van der Waals surface area contributed by atoms with Crippen LogP contribution in [0.15, 0.2) is 42.5 Å². The molecule has 0 saturated heterocycles. The lowest BCUT2D eigenvalue weighted by Gasteiger charge is -2.33. The van der Waals surface area contributed by atoms with E-state index < -0.39 is 4.92 Å². The molecule has 1 aliphatic carbocycles. The Kier molecular flexibility index (Phi) is 3.91. The number of carbonyl (C=O) groups is 1. The molecule has 1 aliphatic rings. The van der Waals surface area contributed by atoms with E-state index in [0.29, 0.717) is 10.9 Å². The van der Waals surface area contributed by atoms with E-state index in [1.807, 2.05) is 12.1 Å². The van der Waals surface area contributed by atoms with E-state index >= 15 is 0 Å². The summed E-state index contributed by atoms with van der Waals surface area (Å²) in [5, 5.41) is 18.4. The summed E-state index contributed by atoms with van der Waals surface area (Å²) >= 11 is 0. The van der Waals surface area contributed by atoms with E-state index in [9.17, 15) is 14.9 Å². The van der Waals surface area contributed by atoms with E-state index in [1.54, 1.807) is 18.0 Å². The molecular weight excluding hydrogens is 332 g/mol. The third-order valence-corrected chi connectivity index (χ3v) is 5.09. The van der Waals surface area contributed by atoms with Gasteiger partial charge in [-0.25, -0.2) is 0 Å². The second-order valence-corrected chi connectivity index (χ2v) is 6.58. The molecule has 1 heterocycles. The Bertz CT molecular complexity index is 1010. The molecule has 2 aromatic carbocycles. The molecule has 1 aromatic heterocycles. The summed E-state index contributed by atoms with van der Waals surface area (Å²) in [6, 6.07) is 12.5. The molecule has 1 N–H and O–H groups in total. The first-order valence-corrected chi connectivity index (χ1v) is 8.53. The van der Waals surface area contributed by atoms with Crippen molar-refractivity contribution in [3.63, 3.8) is 0 Å². The van der Waals surface area contributed by atoms with Crippen molar-refractivity contribution < 1.29 is 9.72 Å². The van der Waals surface area contributed by atoms with Gasteiger partial charge in [0.2, 0.25) is 0 Å². The third kappa shape index (κ3) is 2.61. The fourth-order valence-electron chi connectivity index (χ4n) is 3.72. The number of nitro benzene ring substituents is 1. The average Bonchev–Trinajstić information content (AvgIpc) is 3.09. The van der Waals surface area contributed by atoms with Crippen molar-refractivity contribution in [2.24, 2.45) is 0 Å². The van der Waals surface area contributed by atoms with Crippen LogP contribution in [0.3, 0.4) is 0 Å². The zero-order valence-corrected chi connectivity index (χ0v) is 14.3. The lowest BCUT2D eigenvalue weighted by Crippen LogP contribution is -2.33. The molecule has 0 bridgehead atoms. The summed E-state index contributed by atoms with van der Waals surface area (Å²) in [7, 11) is 1.77. The first-order valence-electron chi connectivity index (χ1n) is 8.53. The van der Waals surface area contributed by atoms with Gasteiger partial charge in [0.15, 0.2) is 5.69 Å². The normalized spacial score (nSPS) is 16.3. The quantitative estimate of drug-likeness (QED) is 0.577. The summed E-state index contributed by atoms with van der Waals surface area (Å²) in [6.45, 7) is 0. The van der Waals surface area contributed by atoms with Crippen molar-refractivity contribution in [1.82, 2.24) is 15.1 Å². The van der Waals surface area contributed by atoms with E-state index in [4.69, 9.17) is 0 Å². The first kappa shape index (κ1) is 16.3. The Morgan fingerprint density at radius 1 is 1.31 bits per heavy atom. The number of hydrogen-bond donors (Lipinski definition) is 1. The molecule has 7 nitrogen and oxygen atoms in total. The number of non-ortho nitro benzene ring substituents is 1. The Labute approximate surface area is 149 Å². The average molecular weight is 350 g/mol. The highest BCUT2D eigenvalue weighted by molar-refractivity contribution is 6.05. The first-order chi connectivity index (χ1) is 12.6. The largest absolute Gasteiger partial charge is 0.333 e. The van der Waals surface area contributed by atoms with Crippen LogP contribution in [0.2, 0.25) is 0 Å². The summed E-state index contributed by atoms with van der Waals surface area (Å²) < 4.78 is 0.